The van der Waals surface area contributed by atoms with Crippen molar-refractivity contribution in [2.75, 3.05) is 13.6 Å². The molecule has 1 aromatic heterocycles. The zero-order valence-electron chi connectivity index (χ0n) is 8.33. The Kier molecular flexibility index (Phi) is 3.56. The smallest absolute Gasteiger partial charge is 0.253 e. The van der Waals surface area contributed by atoms with Crippen LogP contribution in [0, 0.1) is 5.95 Å². The second kappa shape index (κ2) is 4.69. The molecule has 0 aliphatic heterocycles. The molecule has 0 unspecified atom stereocenters. The lowest BCUT2D eigenvalue weighted by Gasteiger charge is -2.15. The maximum atomic E-state index is 12.7. The number of aromatic nitrogens is 1. The molecule has 0 fully saturated rings. The van der Waals surface area contributed by atoms with Crippen LogP contribution in [0.15, 0.2) is 18.3 Å². The van der Waals surface area contributed by atoms with Gasteiger partial charge in [-0.15, -0.1) is 0 Å². The summed E-state index contributed by atoms with van der Waals surface area (Å²) in [7, 11) is 1.70. The van der Waals surface area contributed by atoms with Gasteiger partial charge in [-0.05, 0) is 12.5 Å². The van der Waals surface area contributed by atoms with E-state index in [0.29, 0.717) is 12.1 Å². The Balaban J connectivity index is 2.78. The van der Waals surface area contributed by atoms with Crippen LogP contribution in [0.4, 0.5) is 4.39 Å². The number of carbonyl (C=O) groups is 1. The van der Waals surface area contributed by atoms with E-state index in [4.69, 9.17) is 0 Å². The van der Waals surface area contributed by atoms with E-state index in [1.54, 1.807) is 11.9 Å². The van der Waals surface area contributed by atoms with Crippen LogP contribution in [-0.2, 0) is 0 Å². The van der Waals surface area contributed by atoms with Gasteiger partial charge in [0.1, 0.15) is 0 Å². The van der Waals surface area contributed by atoms with E-state index in [0.717, 1.165) is 12.5 Å². The quantitative estimate of drug-likeness (QED) is 0.689. The SMILES string of the molecule is CCCN(C)C(=O)c1ccnc(F)c1. The summed E-state index contributed by atoms with van der Waals surface area (Å²) in [5, 5.41) is 0. The molecule has 14 heavy (non-hydrogen) atoms. The zero-order chi connectivity index (χ0) is 10.6. The first-order valence-corrected chi connectivity index (χ1v) is 4.52. The largest absolute Gasteiger partial charge is 0.342 e. The number of nitrogens with zero attached hydrogens (tertiary/aromatic N) is 2. The fourth-order valence-electron chi connectivity index (χ4n) is 1.19. The van der Waals surface area contributed by atoms with Crippen molar-refractivity contribution in [1.82, 2.24) is 9.88 Å². The summed E-state index contributed by atoms with van der Waals surface area (Å²) < 4.78 is 12.7. The summed E-state index contributed by atoms with van der Waals surface area (Å²) >= 11 is 0. The van der Waals surface area contributed by atoms with Gasteiger partial charge in [-0.1, -0.05) is 6.92 Å². The average Bonchev–Trinajstić information content (AvgIpc) is 2.17. The molecular weight excluding hydrogens is 183 g/mol. The Morgan fingerprint density at radius 2 is 2.36 bits per heavy atom. The number of hydrogen-bond acceptors (Lipinski definition) is 2. The lowest BCUT2D eigenvalue weighted by Crippen LogP contribution is -2.27. The standard InChI is InChI=1S/C10H13FN2O/c1-3-6-13(2)10(14)8-4-5-12-9(11)7-8/h4-5,7H,3,6H2,1-2H3. The van der Waals surface area contributed by atoms with Gasteiger partial charge in [0, 0.05) is 31.4 Å². The molecule has 0 saturated heterocycles. The molecule has 0 atom stereocenters. The molecule has 76 valence electrons. The van der Waals surface area contributed by atoms with Crippen LogP contribution >= 0.6 is 0 Å². The van der Waals surface area contributed by atoms with Crippen molar-refractivity contribution >= 4 is 5.91 Å². The molecule has 1 aromatic rings. The third kappa shape index (κ3) is 2.52. The van der Waals surface area contributed by atoms with Crippen molar-refractivity contribution in [3.05, 3.63) is 29.8 Å². The highest BCUT2D eigenvalue weighted by molar-refractivity contribution is 5.93. The van der Waals surface area contributed by atoms with Gasteiger partial charge in [0.25, 0.3) is 5.91 Å². The summed E-state index contributed by atoms with van der Waals surface area (Å²) in [6, 6.07) is 2.66. The van der Waals surface area contributed by atoms with Gasteiger partial charge in [-0.2, -0.15) is 4.39 Å². The molecule has 0 radical (unpaired) electrons. The second-order valence-corrected chi connectivity index (χ2v) is 3.09. The van der Waals surface area contributed by atoms with Crippen LogP contribution in [0.25, 0.3) is 0 Å². The van der Waals surface area contributed by atoms with Gasteiger partial charge < -0.3 is 4.90 Å². The van der Waals surface area contributed by atoms with Gasteiger partial charge >= 0.3 is 0 Å². The second-order valence-electron chi connectivity index (χ2n) is 3.09. The molecule has 0 aromatic carbocycles. The highest BCUT2D eigenvalue weighted by Crippen LogP contribution is 2.04. The summed E-state index contributed by atoms with van der Waals surface area (Å²) in [6.07, 6.45) is 2.18. The van der Waals surface area contributed by atoms with Crippen molar-refractivity contribution in [1.29, 1.82) is 0 Å². The van der Waals surface area contributed by atoms with Crippen LogP contribution in [0.3, 0.4) is 0 Å². The van der Waals surface area contributed by atoms with Crippen molar-refractivity contribution in [2.24, 2.45) is 0 Å². The minimum Gasteiger partial charge on any atom is -0.342 e. The molecule has 3 nitrogen and oxygen atoms in total. The third-order valence-electron chi connectivity index (χ3n) is 1.88. The Bertz CT molecular complexity index is 328. The monoisotopic (exact) mass is 196 g/mol. The van der Waals surface area contributed by atoms with Crippen LogP contribution in [0.2, 0.25) is 0 Å². The molecule has 0 N–H and O–H groups in total. The molecule has 4 heteroatoms. The molecule has 0 saturated carbocycles. The zero-order valence-corrected chi connectivity index (χ0v) is 8.33. The van der Waals surface area contributed by atoms with E-state index in [9.17, 15) is 9.18 Å². The van der Waals surface area contributed by atoms with Gasteiger partial charge in [-0.25, -0.2) is 4.98 Å². The van der Waals surface area contributed by atoms with E-state index in [-0.39, 0.29) is 5.91 Å². The highest BCUT2D eigenvalue weighted by atomic mass is 19.1. The molecule has 1 amide bonds. The lowest BCUT2D eigenvalue weighted by atomic mass is 10.2. The Morgan fingerprint density at radius 1 is 1.64 bits per heavy atom. The summed E-state index contributed by atoms with van der Waals surface area (Å²) in [5.74, 6) is -0.797. The van der Waals surface area contributed by atoms with Gasteiger partial charge in [0.2, 0.25) is 5.95 Å². The molecule has 0 bridgehead atoms. The van der Waals surface area contributed by atoms with E-state index in [1.807, 2.05) is 6.92 Å². The fourth-order valence-corrected chi connectivity index (χ4v) is 1.19. The molecule has 1 heterocycles. The molecular formula is C10H13FN2O. The highest BCUT2D eigenvalue weighted by Gasteiger charge is 2.11. The van der Waals surface area contributed by atoms with Crippen molar-refractivity contribution in [2.45, 2.75) is 13.3 Å². The number of rotatable bonds is 3. The number of amides is 1. The summed E-state index contributed by atoms with van der Waals surface area (Å²) in [5.41, 5.74) is 0.341. The number of pyridine rings is 1. The average molecular weight is 196 g/mol. The maximum Gasteiger partial charge on any atom is 0.253 e. The van der Waals surface area contributed by atoms with Crippen molar-refractivity contribution in [3.8, 4) is 0 Å². The van der Waals surface area contributed by atoms with E-state index < -0.39 is 5.95 Å². The van der Waals surface area contributed by atoms with E-state index in [2.05, 4.69) is 4.98 Å². The van der Waals surface area contributed by atoms with Crippen molar-refractivity contribution in [3.63, 3.8) is 0 Å². The van der Waals surface area contributed by atoms with Crippen molar-refractivity contribution < 1.29 is 9.18 Å². The van der Waals surface area contributed by atoms with Crippen LogP contribution in [0.1, 0.15) is 23.7 Å². The Morgan fingerprint density at radius 3 is 2.93 bits per heavy atom. The summed E-state index contributed by atoms with van der Waals surface area (Å²) in [6.45, 7) is 2.65. The first-order chi connectivity index (χ1) is 6.65. The van der Waals surface area contributed by atoms with Gasteiger partial charge in [0.05, 0.1) is 0 Å². The topological polar surface area (TPSA) is 33.2 Å². The predicted octanol–water partition coefficient (Wildman–Crippen LogP) is 1.70. The maximum absolute atomic E-state index is 12.7. The first-order valence-electron chi connectivity index (χ1n) is 4.52. The molecule has 0 spiro atoms. The molecule has 0 aliphatic carbocycles. The molecule has 0 aliphatic rings. The van der Waals surface area contributed by atoms with E-state index in [1.165, 1.54) is 12.3 Å². The minimum atomic E-state index is -0.624. The van der Waals surface area contributed by atoms with E-state index >= 15 is 0 Å². The number of hydrogen-bond donors (Lipinski definition) is 0. The van der Waals surface area contributed by atoms with Crippen LogP contribution < -0.4 is 0 Å². The molecule has 1 rings (SSSR count). The lowest BCUT2D eigenvalue weighted by molar-refractivity contribution is 0.0794. The summed E-state index contributed by atoms with van der Waals surface area (Å²) in [4.78, 5) is 16.6. The van der Waals surface area contributed by atoms with Crippen LogP contribution in [0.5, 0.6) is 0 Å². The predicted molar refractivity (Wildman–Crippen MR) is 51.4 cm³/mol. The van der Waals surface area contributed by atoms with Gasteiger partial charge in [0.15, 0.2) is 0 Å². The Labute approximate surface area is 82.6 Å². The Hall–Kier alpha value is -1.45. The number of halogens is 1. The number of carbonyl (C=O) groups excluding carboxylic acids is 1. The van der Waals surface area contributed by atoms with Gasteiger partial charge in [-0.3, -0.25) is 4.79 Å². The first kappa shape index (κ1) is 10.6. The van der Waals surface area contributed by atoms with Crippen LogP contribution in [-0.4, -0.2) is 29.4 Å². The minimum absolute atomic E-state index is 0.173. The third-order valence-corrected chi connectivity index (χ3v) is 1.88. The normalized spacial score (nSPS) is 9.93. The fraction of sp³-hybridized carbons (Fsp3) is 0.400.